The molecule has 0 aliphatic rings. The SMILES string of the molecule is Cc1nc2ccc(C(C)(C)CS)cc2[nH]1. The van der Waals surface area contributed by atoms with Gasteiger partial charge in [0.25, 0.3) is 0 Å². The number of hydrogen-bond acceptors (Lipinski definition) is 2. The van der Waals surface area contributed by atoms with E-state index in [4.69, 9.17) is 0 Å². The largest absolute Gasteiger partial charge is 0.342 e. The number of imidazole rings is 1. The van der Waals surface area contributed by atoms with E-state index in [0.29, 0.717) is 0 Å². The molecule has 2 rings (SSSR count). The molecule has 1 aromatic heterocycles. The van der Waals surface area contributed by atoms with Gasteiger partial charge in [0.05, 0.1) is 11.0 Å². The van der Waals surface area contributed by atoms with Gasteiger partial charge in [-0.3, -0.25) is 0 Å². The lowest BCUT2D eigenvalue weighted by molar-refractivity contribution is 0.604. The summed E-state index contributed by atoms with van der Waals surface area (Å²) in [6, 6.07) is 6.38. The maximum atomic E-state index is 4.39. The molecule has 0 spiro atoms. The molecule has 0 aliphatic carbocycles. The normalized spacial score (nSPS) is 12.3. The fourth-order valence-corrected chi connectivity index (χ4v) is 1.83. The Balaban J connectivity index is 2.55. The van der Waals surface area contributed by atoms with Crippen molar-refractivity contribution in [3.05, 3.63) is 29.6 Å². The minimum atomic E-state index is 0.107. The lowest BCUT2D eigenvalue weighted by atomic mass is 9.86. The van der Waals surface area contributed by atoms with Gasteiger partial charge < -0.3 is 4.98 Å². The average Bonchev–Trinajstić information content (AvgIpc) is 2.56. The van der Waals surface area contributed by atoms with Gasteiger partial charge in [0, 0.05) is 0 Å². The molecule has 0 unspecified atom stereocenters. The molecule has 0 aliphatic heterocycles. The van der Waals surface area contributed by atoms with E-state index in [2.05, 4.69) is 54.6 Å². The summed E-state index contributed by atoms with van der Waals surface area (Å²) < 4.78 is 0. The Labute approximate surface area is 95.5 Å². The predicted molar refractivity (Wildman–Crippen MR) is 67.7 cm³/mol. The fraction of sp³-hybridized carbons (Fsp3) is 0.417. The first kappa shape index (κ1) is 10.6. The molecule has 0 saturated carbocycles. The molecule has 1 heterocycles. The number of benzene rings is 1. The quantitative estimate of drug-likeness (QED) is 0.748. The monoisotopic (exact) mass is 220 g/mol. The Morgan fingerprint density at radius 2 is 2.13 bits per heavy atom. The van der Waals surface area contributed by atoms with Crippen molar-refractivity contribution in [3.8, 4) is 0 Å². The van der Waals surface area contributed by atoms with E-state index in [1.165, 1.54) is 5.56 Å². The third kappa shape index (κ3) is 1.88. The first-order valence-corrected chi connectivity index (χ1v) is 5.74. The number of aromatic nitrogens is 2. The summed E-state index contributed by atoms with van der Waals surface area (Å²) in [6.07, 6.45) is 0. The van der Waals surface area contributed by atoms with Gasteiger partial charge >= 0.3 is 0 Å². The number of aromatic amines is 1. The van der Waals surface area contributed by atoms with Crippen LogP contribution in [0.2, 0.25) is 0 Å². The Hall–Kier alpha value is -0.960. The van der Waals surface area contributed by atoms with Crippen LogP contribution in [0.4, 0.5) is 0 Å². The van der Waals surface area contributed by atoms with Gasteiger partial charge in [-0.25, -0.2) is 4.98 Å². The van der Waals surface area contributed by atoms with Gasteiger partial charge in [-0.1, -0.05) is 19.9 Å². The van der Waals surface area contributed by atoms with Crippen LogP contribution in [0.1, 0.15) is 25.2 Å². The van der Waals surface area contributed by atoms with E-state index >= 15 is 0 Å². The molecule has 3 heteroatoms. The zero-order chi connectivity index (χ0) is 11.1. The molecule has 0 amide bonds. The maximum Gasteiger partial charge on any atom is 0.104 e. The van der Waals surface area contributed by atoms with Crippen LogP contribution in [0.5, 0.6) is 0 Å². The molecule has 0 saturated heterocycles. The summed E-state index contributed by atoms with van der Waals surface area (Å²) >= 11 is 4.39. The van der Waals surface area contributed by atoms with Crippen molar-refractivity contribution in [3.63, 3.8) is 0 Å². The fourth-order valence-electron chi connectivity index (χ4n) is 1.65. The van der Waals surface area contributed by atoms with E-state index in [1.807, 2.05) is 6.92 Å². The van der Waals surface area contributed by atoms with E-state index < -0.39 is 0 Å². The number of nitrogens with one attached hydrogen (secondary N) is 1. The molecule has 0 atom stereocenters. The zero-order valence-corrected chi connectivity index (χ0v) is 10.2. The van der Waals surface area contributed by atoms with E-state index in [-0.39, 0.29) is 5.41 Å². The molecule has 0 fully saturated rings. The van der Waals surface area contributed by atoms with Crippen molar-refractivity contribution in [1.82, 2.24) is 9.97 Å². The summed E-state index contributed by atoms with van der Waals surface area (Å²) in [5.41, 5.74) is 3.55. The zero-order valence-electron chi connectivity index (χ0n) is 9.33. The third-order valence-electron chi connectivity index (χ3n) is 2.78. The van der Waals surface area contributed by atoms with E-state index in [1.54, 1.807) is 0 Å². The second-order valence-corrected chi connectivity index (χ2v) is 4.91. The standard InChI is InChI=1S/C12H16N2S/c1-8-13-10-5-4-9(6-11(10)14-8)12(2,3)7-15/h4-6,15H,7H2,1-3H3,(H,13,14). The molecule has 80 valence electrons. The Morgan fingerprint density at radius 1 is 1.40 bits per heavy atom. The molecular weight excluding hydrogens is 204 g/mol. The number of nitrogens with zero attached hydrogens (tertiary/aromatic N) is 1. The molecule has 2 aromatic rings. The number of thiol groups is 1. The molecule has 0 radical (unpaired) electrons. The summed E-state index contributed by atoms with van der Waals surface area (Å²) in [7, 11) is 0. The first-order chi connectivity index (χ1) is 7.03. The molecule has 1 N–H and O–H groups in total. The average molecular weight is 220 g/mol. The van der Waals surface area contributed by atoms with Crippen LogP contribution in [0.3, 0.4) is 0 Å². The lowest BCUT2D eigenvalue weighted by Gasteiger charge is -2.22. The van der Waals surface area contributed by atoms with Crippen LogP contribution in [0.15, 0.2) is 18.2 Å². The van der Waals surface area contributed by atoms with Gasteiger partial charge in [-0.15, -0.1) is 0 Å². The van der Waals surface area contributed by atoms with Crippen LogP contribution >= 0.6 is 12.6 Å². The molecule has 15 heavy (non-hydrogen) atoms. The van der Waals surface area contributed by atoms with Crippen molar-refractivity contribution in [2.75, 3.05) is 5.75 Å². The topological polar surface area (TPSA) is 28.7 Å². The second-order valence-electron chi connectivity index (χ2n) is 4.60. The Kier molecular flexibility index (Phi) is 2.51. The van der Waals surface area contributed by atoms with Gasteiger partial charge in [0.1, 0.15) is 5.82 Å². The summed E-state index contributed by atoms with van der Waals surface area (Å²) in [4.78, 5) is 7.65. The highest BCUT2D eigenvalue weighted by molar-refractivity contribution is 7.80. The minimum Gasteiger partial charge on any atom is -0.342 e. The molecular formula is C12H16N2S. The van der Waals surface area contributed by atoms with Gasteiger partial charge in [-0.05, 0) is 35.8 Å². The van der Waals surface area contributed by atoms with Crippen LogP contribution in [-0.2, 0) is 5.41 Å². The summed E-state index contributed by atoms with van der Waals surface area (Å²) in [6.45, 7) is 6.37. The van der Waals surface area contributed by atoms with E-state index in [9.17, 15) is 0 Å². The molecule has 1 aromatic carbocycles. The Bertz CT molecular complexity index is 485. The smallest absolute Gasteiger partial charge is 0.104 e. The highest BCUT2D eigenvalue weighted by Crippen LogP contribution is 2.26. The van der Waals surface area contributed by atoms with Gasteiger partial charge in [0.2, 0.25) is 0 Å². The van der Waals surface area contributed by atoms with Crippen LogP contribution < -0.4 is 0 Å². The van der Waals surface area contributed by atoms with Crippen molar-refractivity contribution >= 4 is 23.7 Å². The van der Waals surface area contributed by atoms with Crippen molar-refractivity contribution in [2.24, 2.45) is 0 Å². The summed E-state index contributed by atoms with van der Waals surface area (Å²) in [5, 5.41) is 0. The number of rotatable bonds is 2. The number of aryl methyl sites for hydroxylation is 1. The first-order valence-electron chi connectivity index (χ1n) is 5.11. The third-order valence-corrected chi connectivity index (χ3v) is 3.57. The predicted octanol–water partition coefficient (Wildman–Crippen LogP) is 3.08. The molecule has 2 nitrogen and oxygen atoms in total. The van der Waals surface area contributed by atoms with Crippen molar-refractivity contribution in [2.45, 2.75) is 26.2 Å². The van der Waals surface area contributed by atoms with Crippen molar-refractivity contribution in [1.29, 1.82) is 0 Å². The van der Waals surface area contributed by atoms with Gasteiger partial charge in [-0.2, -0.15) is 12.6 Å². The van der Waals surface area contributed by atoms with Crippen LogP contribution in [0, 0.1) is 6.92 Å². The van der Waals surface area contributed by atoms with Crippen LogP contribution in [0.25, 0.3) is 11.0 Å². The lowest BCUT2D eigenvalue weighted by Crippen LogP contribution is -2.18. The number of H-pyrrole nitrogens is 1. The van der Waals surface area contributed by atoms with Crippen molar-refractivity contribution < 1.29 is 0 Å². The highest BCUT2D eigenvalue weighted by atomic mass is 32.1. The number of fused-ring (bicyclic) bond motifs is 1. The number of hydrogen-bond donors (Lipinski definition) is 2. The highest BCUT2D eigenvalue weighted by Gasteiger charge is 2.19. The van der Waals surface area contributed by atoms with Crippen LogP contribution in [-0.4, -0.2) is 15.7 Å². The second kappa shape index (κ2) is 3.56. The maximum absolute atomic E-state index is 4.39. The summed E-state index contributed by atoms with van der Waals surface area (Å²) in [5.74, 6) is 1.80. The van der Waals surface area contributed by atoms with E-state index in [0.717, 1.165) is 22.6 Å². The molecule has 0 bridgehead atoms. The minimum absolute atomic E-state index is 0.107. The van der Waals surface area contributed by atoms with Gasteiger partial charge in [0.15, 0.2) is 0 Å². The Morgan fingerprint density at radius 3 is 2.80 bits per heavy atom.